The van der Waals surface area contributed by atoms with Crippen molar-refractivity contribution in [3.05, 3.63) is 10.7 Å². The van der Waals surface area contributed by atoms with Gasteiger partial charge in [-0.05, 0) is 22.4 Å². The van der Waals surface area contributed by atoms with Crippen molar-refractivity contribution in [3.63, 3.8) is 0 Å². The third-order valence-corrected chi connectivity index (χ3v) is 2.37. The van der Waals surface area contributed by atoms with Crippen molar-refractivity contribution in [3.8, 4) is 0 Å². The second kappa shape index (κ2) is 6.58. The number of halogens is 1. The number of aromatic nitrogens is 2. The number of nitrogens with zero attached hydrogens (tertiary/aromatic N) is 2. The summed E-state index contributed by atoms with van der Waals surface area (Å²) < 4.78 is 5.82. The zero-order valence-electron chi connectivity index (χ0n) is 8.88. The molecule has 0 spiro atoms. The Labute approximate surface area is 97.8 Å². The highest BCUT2D eigenvalue weighted by Crippen LogP contribution is 2.19. The molecule has 0 fully saturated rings. The van der Waals surface area contributed by atoms with Crippen LogP contribution in [0.25, 0.3) is 0 Å². The molecule has 0 radical (unpaired) electrons. The summed E-state index contributed by atoms with van der Waals surface area (Å²) >= 11 is 3.38. The molecular weight excluding hydrogens is 260 g/mol. The van der Waals surface area contributed by atoms with Crippen molar-refractivity contribution in [2.75, 3.05) is 37.9 Å². The van der Waals surface area contributed by atoms with E-state index in [1.807, 2.05) is 0 Å². The zero-order valence-corrected chi connectivity index (χ0v) is 10.5. The number of methoxy groups -OCH3 is 1. The number of hydrogen-bond acceptors (Lipinski definition) is 5. The number of anilines is 2. The van der Waals surface area contributed by atoms with E-state index in [-0.39, 0.29) is 0 Å². The maximum Gasteiger partial charge on any atom is 0.224 e. The molecule has 0 amide bonds. The van der Waals surface area contributed by atoms with E-state index in [9.17, 15) is 0 Å². The molecule has 1 aromatic heterocycles. The molecule has 0 unspecified atom stereocenters. The second-order valence-corrected chi connectivity index (χ2v) is 3.77. The molecule has 0 bridgehead atoms. The van der Waals surface area contributed by atoms with E-state index in [4.69, 9.17) is 4.74 Å². The average Bonchev–Trinajstić information content (AvgIpc) is 2.26. The topological polar surface area (TPSA) is 59.1 Å². The Balaban J connectivity index is 2.51. The predicted molar refractivity (Wildman–Crippen MR) is 64.3 cm³/mol. The molecule has 5 nitrogen and oxygen atoms in total. The third kappa shape index (κ3) is 4.01. The third-order valence-electron chi connectivity index (χ3n) is 1.79. The van der Waals surface area contributed by atoms with E-state index in [0.29, 0.717) is 5.95 Å². The van der Waals surface area contributed by atoms with Gasteiger partial charge in [-0.3, -0.25) is 0 Å². The first kappa shape index (κ1) is 12.2. The minimum Gasteiger partial charge on any atom is -0.385 e. The highest BCUT2D eigenvalue weighted by atomic mass is 79.9. The van der Waals surface area contributed by atoms with Crippen LogP contribution in [0.15, 0.2) is 10.7 Å². The van der Waals surface area contributed by atoms with E-state index in [1.165, 1.54) is 0 Å². The van der Waals surface area contributed by atoms with E-state index in [2.05, 4.69) is 36.5 Å². The lowest BCUT2D eigenvalue weighted by Crippen LogP contribution is -2.08. The smallest absolute Gasteiger partial charge is 0.224 e. The summed E-state index contributed by atoms with van der Waals surface area (Å²) in [6.45, 7) is 1.57. The summed E-state index contributed by atoms with van der Waals surface area (Å²) in [5.74, 6) is 1.40. The van der Waals surface area contributed by atoms with Gasteiger partial charge in [-0.25, -0.2) is 4.98 Å². The first-order chi connectivity index (χ1) is 7.27. The molecule has 0 aliphatic carbocycles. The Bertz CT molecular complexity index is 308. The fourth-order valence-corrected chi connectivity index (χ4v) is 1.37. The SMILES string of the molecule is CNc1ncc(Br)c(NCCCOC)n1. The van der Waals surface area contributed by atoms with Crippen LogP contribution >= 0.6 is 15.9 Å². The molecule has 84 valence electrons. The molecule has 0 saturated heterocycles. The fourth-order valence-electron chi connectivity index (χ4n) is 1.03. The predicted octanol–water partition coefficient (Wildman–Crippen LogP) is 1.73. The van der Waals surface area contributed by atoms with Gasteiger partial charge in [0, 0.05) is 33.5 Å². The molecule has 1 heterocycles. The van der Waals surface area contributed by atoms with Gasteiger partial charge in [-0.1, -0.05) is 0 Å². The van der Waals surface area contributed by atoms with Crippen LogP contribution in [0, 0.1) is 0 Å². The van der Waals surface area contributed by atoms with Crippen LogP contribution in [0.3, 0.4) is 0 Å². The summed E-state index contributed by atoms with van der Waals surface area (Å²) in [4.78, 5) is 8.34. The molecule has 2 N–H and O–H groups in total. The Morgan fingerprint density at radius 1 is 1.53 bits per heavy atom. The monoisotopic (exact) mass is 274 g/mol. The van der Waals surface area contributed by atoms with E-state index < -0.39 is 0 Å². The van der Waals surface area contributed by atoms with Crippen LogP contribution in [0.2, 0.25) is 0 Å². The Kier molecular flexibility index (Phi) is 5.34. The van der Waals surface area contributed by atoms with Crippen molar-refractivity contribution >= 4 is 27.7 Å². The van der Waals surface area contributed by atoms with Crippen molar-refractivity contribution in [2.24, 2.45) is 0 Å². The molecule has 0 aliphatic heterocycles. The van der Waals surface area contributed by atoms with Crippen molar-refractivity contribution in [1.29, 1.82) is 0 Å². The van der Waals surface area contributed by atoms with Crippen LogP contribution in [0.1, 0.15) is 6.42 Å². The van der Waals surface area contributed by atoms with Crippen molar-refractivity contribution < 1.29 is 4.74 Å². The number of nitrogens with one attached hydrogen (secondary N) is 2. The molecule has 6 heteroatoms. The Morgan fingerprint density at radius 3 is 3.00 bits per heavy atom. The number of rotatable bonds is 6. The van der Waals surface area contributed by atoms with Crippen molar-refractivity contribution in [1.82, 2.24) is 9.97 Å². The minimum absolute atomic E-state index is 0.604. The minimum atomic E-state index is 0.604. The van der Waals surface area contributed by atoms with Crippen LogP contribution in [-0.4, -0.2) is 37.3 Å². The maximum absolute atomic E-state index is 4.96. The molecule has 0 aliphatic rings. The Hall–Kier alpha value is -0.880. The highest BCUT2D eigenvalue weighted by Gasteiger charge is 2.02. The number of hydrogen-bond donors (Lipinski definition) is 2. The van der Waals surface area contributed by atoms with Gasteiger partial charge >= 0.3 is 0 Å². The highest BCUT2D eigenvalue weighted by molar-refractivity contribution is 9.10. The average molecular weight is 275 g/mol. The lowest BCUT2D eigenvalue weighted by Gasteiger charge is -2.08. The van der Waals surface area contributed by atoms with Crippen molar-refractivity contribution in [2.45, 2.75) is 6.42 Å². The lowest BCUT2D eigenvalue weighted by molar-refractivity contribution is 0.197. The molecule has 0 saturated carbocycles. The van der Waals surface area contributed by atoms with Gasteiger partial charge in [0.15, 0.2) is 0 Å². The molecule has 1 aromatic rings. The summed E-state index contributed by atoms with van der Waals surface area (Å²) in [5, 5.41) is 6.09. The van der Waals surface area contributed by atoms with E-state index in [1.54, 1.807) is 20.4 Å². The zero-order chi connectivity index (χ0) is 11.1. The summed E-state index contributed by atoms with van der Waals surface area (Å²) in [7, 11) is 3.48. The largest absolute Gasteiger partial charge is 0.385 e. The van der Waals surface area contributed by atoms with Gasteiger partial charge in [0.2, 0.25) is 5.95 Å². The van der Waals surface area contributed by atoms with E-state index >= 15 is 0 Å². The summed E-state index contributed by atoms with van der Waals surface area (Å²) in [6, 6.07) is 0. The molecule has 1 rings (SSSR count). The first-order valence-electron chi connectivity index (χ1n) is 4.71. The molecule has 0 atom stereocenters. The van der Waals surface area contributed by atoms with Crippen LogP contribution in [0.4, 0.5) is 11.8 Å². The quantitative estimate of drug-likeness (QED) is 0.774. The van der Waals surface area contributed by atoms with Crippen LogP contribution in [-0.2, 0) is 4.74 Å². The lowest BCUT2D eigenvalue weighted by atomic mass is 10.4. The van der Waals surface area contributed by atoms with Gasteiger partial charge < -0.3 is 15.4 Å². The normalized spacial score (nSPS) is 10.1. The number of ether oxygens (including phenoxy) is 1. The van der Waals surface area contributed by atoms with Crippen LogP contribution in [0.5, 0.6) is 0 Å². The van der Waals surface area contributed by atoms with Gasteiger partial charge in [0.05, 0.1) is 4.47 Å². The van der Waals surface area contributed by atoms with Gasteiger partial charge in [0.25, 0.3) is 0 Å². The molecule has 0 aromatic carbocycles. The van der Waals surface area contributed by atoms with Gasteiger partial charge in [-0.15, -0.1) is 0 Å². The van der Waals surface area contributed by atoms with E-state index in [0.717, 1.165) is 29.9 Å². The van der Waals surface area contributed by atoms with Gasteiger partial charge in [0.1, 0.15) is 5.82 Å². The standard InChI is InChI=1S/C9H15BrN4O/c1-11-9-13-6-7(10)8(14-9)12-4-3-5-15-2/h6H,3-5H2,1-2H3,(H2,11,12,13,14). The Morgan fingerprint density at radius 2 is 2.33 bits per heavy atom. The molecule has 15 heavy (non-hydrogen) atoms. The van der Waals surface area contributed by atoms with Gasteiger partial charge in [-0.2, -0.15) is 4.98 Å². The van der Waals surface area contributed by atoms with Crippen LogP contribution < -0.4 is 10.6 Å². The molecular formula is C9H15BrN4O. The summed E-state index contributed by atoms with van der Waals surface area (Å²) in [5.41, 5.74) is 0. The maximum atomic E-state index is 4.96. The second-order valence-electron chi connectivity index (χ2n) is 2.91. The first-order valence-corrected chi connectivity index (χ1v) is 5.50. The fraction of sp³-hybridized carbons (Fsp3) is 0.556. The summed E-state index contributed by atoms with van der Waals surface area (Å²) in [6.07, 6.45) is 2.67.